The molecule has 2 fully saturated rings. The van der Waals surface area contributed by atoms with Gasteiger partial charge in [0.05, 0.1) is 25.4 Å². The fourth-order valence-corrected chi connectivity index (χ4v) is 2.53. The number of hydrogen-bond donors (Lipinski definition) is 1. The minimum absolute atomic E-state index is 0.0663. The van der Waals surface area contributed by atoms with E-state index in [0.717, 1.165) is 5.56 Å². The monoisotopic (exact) mass is 250 g/mol. The molecule has 3 rings (SSSR count). The van der Waals surface area contributed by atoms with Crippen LogP contribution in [0.1, 0.15) is 18.8 Å². The lowest BCUT2D eigenvalue weighted by atomic mass is 9.91. The molecule has 0 amide bonds. The van der Waals surface area contributed by atoms with Gasteiger partial charge < -0.3 is 19.3 Å². The standard InChI is InChI=1S/C14H18O4/c1-9-11(15)7-16-12-8-17-14(18-13(9)12)10-5-3-2-4-6-10/h2-6,9,11-15H,7-8H2,1H3/t9-,11+,12-,13?,14-/m1/s1. The third-order valence-corrected chi connectivity index (χ3v) is 3.74. The van der Waals surface area contributed by atoms with E-state index in [4.69, 9.17) is 14.2 Å². The molecule has 1 unspecified atom stereocenters. The van der Waals surface area contributed by atoms with Crippen molar-refractivity contribution in [3.63, 3.8) is 0 Å². The number of aliphatic hydroxyl groups is 1. The zero-order chi connectivity index (χ0) is 12.5. The van der Waals surface area contributed by atoms with Gasteiger partial charge in [0.1, 0.15) is 6.10 Å². The van der Waals surface area contributed by atoms with Crippen molar-refractivity contribution >= 4 is 0 Å². The number of benzene rings is 1. The van der Waals surface area contributed by atoms with Crippen molar-refractivity contribution in [3.8, 4) is 0 Å². The Morgan fingerprint density at radius 3 is 2.67 bits per heavy atom. The Morgan fingerprint density at radius 1 is 1.11 bits per heavy atom. The molecule has 0 bridgehead atoms. The van der Waals surface area contributed by atoms with Gasteiger partial charge in [-0.15, -0.1) is 0 Å². The summed E-state index contributed by atoms with van der Waals surface area (Å²) in [4.78, 5) is 0. The lowest BCUT2D eigenvalue weighted by molar-refractivity contribution is -0.302. The summed E-state index contributed by atoms with van der Waals surface area (Å²) >= 11 is 0. The average molecular weight is 250 g/mol. The van der Waals surface area contributed by atoms with Crippen molar-refractivity contribution in [1.82, 2.24) is 0 Å². The molecule has 0 spiro atoms. The minimum atomic E-state index is -0.458. The molecule has 1 aromatic rings. The molecular formula is C14H18O4. The van der Waals surface area contributed by atoms with Gasteiger partial charge in [-0.2, -0.15) is 0 Å². The lowest BCUT2D eigenvalue weighted by Gasteiger charge is -2.44. The van der Waals surface area contributed by atoms with Crippen LogP contribution in [-0.2, 0) is 14.2 Å². The van der Waals surface area contributed by atoms with Crippen molar-refractivity contribution in [1.29, 1.82) is 0 Å². The molecule has 18 heavy (non-hydrogen) atoms. The molecule has 1 aromatic carbocycles. The van der Waals surface area contributed by atoms with E-state index < -0.39 is 6.10 Å². The first-order valence-corrected chi connectivity index (χ1v) is 6.37. The quantitative estimate of drug-likeness (QED) is 0.820. The molecule has 1 N–H and O–H groups in total. The van der Waals surface area contributed by atoms with E-state index in [1.54, 1.807) is 0 Å². The highest BCUT2D eigenvalue weighted by Gasteiger charge is 2.42. The Morgan fingerprint density at radius 2 is 1.89 bits per heavy atom. The van der Waals surface area contributed by atoms with Crippen molar-refractivity contribution in [2.45, 2.75) is 31.5 Å². The molecular weight excluding hydrogens is 232 g/mol. The van der Waals surface area contributed by atoms with E-state index in [0.29, 0.717) is 13.2 Å². The van der Waals surface area contributed by atoms with E-state index in [9.17, 15) is 5.11 Å². The molecule has 0 aliphatic carbocycles. The SMILES string of the molecule is C[C@H]1C2O[C@H](c3ccccc3)OC[C@H]2OC[C@@H]1O. The normalized spacial score (nSPS) is 40.2. The summed E-state index contributed by atoms with van der Waals surface area (Å²) in [6.07, 6.45) is -0.986. The number of aliphatic hydroxyl groups excluding tert-OH is 1. The molecule has 0 aromatic heterocycles. The van der Waals surface area contributed by atoms with Gasteiger partial charge in [-0.05, 0) is 0 Å². The number of ether oxygens (including phenoxy) is 3. The van der Waals surface area contributed by atoms with Gasteiger partial charge in [-0.25, -0.2) is 0 Å². The van der Waals surface area contributed by atoms with Gasteiger partial charge in [0.25, 0.3) is 0 Å². The smallest absolute Gasteiger partial charge is 0.184 e. The molecule has 0 saturated carbocycles. The Balaban J connectivity index is 1.75. The highest BCUT2D eigenvalue weighted by molar-refractivity contribution is 5.16. The summed E-state index contributed by atoms with van der Waals surface area (Å²) in [6, 6.07) is 9.85. The summed E-state index contributed by atoms with van der Waals surface area (Å²) in [7, 11) is 0. The molecule has 2 aliphatic heterocycles. The Bertz CT molecular complexity index is 392. The second kappa shape index (κ2) is 4.97. The topological polar surface area (TPSA) is 47.9 Å². The van der Waals surface area contributed by atoms with Crippen molar-refractivity contribution in [3.05, 3.63) is 35.9 Å². The molecule has 2 heterocycles. The summed E-state index contributed by atoms with van der Waals surface area (Å²) in [5.41, 5.74) is 1.00. The van der Waals surface area contributed by atoms with Crippen LogP contribution in [0.4, 0.5) is 0 Å². The summed E-state index contributed by atoms with van der Waals surface area (Å²) in [6.45, 7) is 2.88. The zero-order valence-corrected chi connectivity index (χ0v) is 10.4. The van der Waals surface area contributed by atoms with Crippen LogP contribution < -0.4 is 0 Å². The van der Waals surface area contributed by atoms with E-state index in [2.05, 4.69) is 0 Å². The first-order valence-electron chi connectivity index (χ1n) is 6.37. The first kappa shape index (κ1) is 12.1. The van der Waals surface area contributed by atoms with Crippen molar-refractivity contribution < 1.29 is 19.3 Å². The van der Waals surface area contributed by atoms with Crippen LogP contribution in [0.25, 0.3) is 0 Å². The Labute approximate surface area is 106 Å². The van der Waals surface area contributed by atoms with Gasteiger partial charge in [-0.3, -0.25) is 0 Å². The maximum Gasteiger partial charge on any atom is 0.184 e. The minimum Gasteiger partial charge on any atom is -0.390 e. The fourth-order valence-electron chi connectivity index (χ4n) is 2.53. The van der Waals surface area contributed by atoms with Crippen LogP contribution in [0.15, 0.2) is 30.3 Å². The van der Waals surface area contributed by atoms with Gasteiger partial charge >= 0.3 is 0 Å². The number of hydrogen-bond acceptors (Lipinski definition) is 4. The van der Waals surface area contributed by atoms with Crippen molar-refractivity contribution in [2.75, 3.05) is 13.2 Å². The summed E-state index contributed by atoms with van der Waals surface area (Å²) < 4.78 is 17.2. The van der Waals surface area contributed by atoms with Crippen molar-refractivity contribution in [2.24, 2.45) is 5.92 Å². The molecule has 4 nitrogen and oxygen atoms in total. The highest BCUT2D eigenvalue weighted by Crippen LogP contribution is 2.34. The number of rotatable bonds is 1. The van der Waals surface area contributed by atoms with E-state index in [1.165, 1.54) is 0 Å². The van der Waals surface area contributed by atoms with E-state index >= 15 is 0 Å². The lowest BCUT2D eigenvalue weighted by Crippen LogP contribution is -2.54. The molecule has 2 saturated heterocycles. The van der Waals surface area contributed by atoms with Gasteiger partial charge in [-0.1, -0.05) is 37.3 Å². The highest BCUT2D eigenvalue weighted by atomic mass is 16.7. The molecule has 4 heteroatoms. The van der Waals surface area contributed by atoms with Crippen LogP contribution >= 0.6 is 0 Å². The Hall–Kier alpha value is -0.940. The predicted molar refractivity (Wildman–Crippen MR) is 64.9 cm³/mol. The molecule has 2 aliphatic rings. The van der Waals surface area contributed by atoms with Crippen LogP contribution in [0.5, 0.6) is 0 Å². The average Bonchev–Trinajstić information content (AvgIpc) is 2.44. The zero-order valence-electron chi connectivity index (χ0n) is 10.4. The van der Waals surface area contributed by atoms with E-state index in [-0.39, 0.29) is 24.4 Å². The maximum absolute atomic E-state index is 9.83. The van der Waals surface area contributed by atoms with Crippen LogP contribution in [-0.4, -0.2) is 36.6 Å². The van der Waals surface area contributed by atoms with Crippen LogP contribution in [0, 0.1) is 5.92 Å². The second-order valence-electron chi connectivity index (χ2n) is 4.97. The van der Waals surface area contributed by atoms with Gasteiger partial charge in [0, 0.05) is 11.5 Å². The van der Waals surface area contributed by atoms with Crippen LogP contribution in [0.3, 0.4) is 0 Å². The summed E-state index contributed by atoms with van der Waals surface area (Å²) in [5.74, 6) is 0.0684. The van der Waals surface area contributed by atoms with Gasteiger partial charge in [0.15, 0.2) is 6.29 Å². The third-order valence-electron chi connectivity index (χ3n) is 3.74. The second-order valence-corrected chi connectivity index (χ2v) is 4.97. The Kier molecular flexibility index (Phi) is 3.35. The largest absolute Gasteiger partial charge is 0.390 e. The number of fused-ring (bicyclic) bond motifs is 1. The predicted octanol–water partition coefficient (Wildman–Crippen LogP) is 1.50. The molecule has 98 valence electrons. The fraction of sp³-hybridized carbons (Fsp3) is 0.571. The summed E-state index contributed by atoms with van der Waals surface area (Å²) in [5, 5.41) is 9.83. The maximum atomic E-state index is 9.83. The first-order chi connectivity index (χ1) is 8.75. The van der Waals surface area contributed by atoms with Gasteiger partial charge in [0.2, 0.25) is 0 Å². The van der Waals surface area contributed by atoms with Crippen LogP contribution in [0.2, 0.25) is 0 Å². The van der Waals surface area contributed by atoms with E-state index in [1.807, 2.05) is 37.3 Å². The third kappa shape index (κ3) is 2.17. The molecule has 0 radical (unpaired) electrons. The molecule has 5 atom stereocenters.